The van der Waals surface area contributed by atoms with E-state index in [1.54, 1.807) is 0 Å². The van der Waals surface area contributed by atoms with E-state index >= 15 is 0 Å². The standard InChI is InChI=1S/C13H22ClNO/c14-7-10-3-1-2-4-13(10)15-8-11-5-6-12(9-15)16-11/h10-13H,1-9H2/t10?,11-,12-,13?/m0/s1. The maximum absolute atomic E-state index is 6.12. The van der Waals surface area contributed by atoms with E-state index in [9.17, 15) is 0 Å². The molecule has 3 heteroatoms. The van der Waals surface area contributed by atoms with Gasteiger partial charge in [0.05, 0.1) is 12.2 Å². The molecular weight excluding hydrogens is 222 g/mol. The molecule has 1 saturated carbocycles. The number of nitrogens with zero attached hydrogens (tertiary/aromatic N) is 1. The van der Waals surface area contributed by atoms with Crippen molar-refractivity contribution in [2.45, 2.75) is 56.8 Å². The summed E-state index contributed by atoms with van der Waals surface area (Å²) in [5.74, 6) is 1.57. The molecule has 2 unspecified atom stereocenters. The molecule has 0 N–H and O–H groups in total. The third-order valence-electron chi connectivity index (χ3n) is 4.61. The van der Waals surface area contributed by atoms with Crippen LogP contribution in [0.4, 0.5) is 0 Å². The molecule has 1 aliphatic carbocycles. The fourth-order valence-corrected chi connectivity index (χ4v) is 4.13. The molecule has 3 rings (SSSR count). The number of halogens is 1. The van der Waals surface area contributed by atoms with Gasteiger partial charge in [-0.1, -0.05) is 12.8 Å². The molecule has 2 saturated heterocycles. The average molecular weight is 244 g/mol. The van der Waals surface area contributed by atoms with Gasteiger partial charge in [-0.25, -0.2) is 0 Å². The van der Waals surface area contributed by atoms with Crippen LogP contribution < -0.4 is 0 Å². The van der Waals surface area contributed by atoms with Gasteiger partial charge in [0.1, 0.15) is 0 Å². The smallest absolute Gasteiger partial charge is 0.0707 e. The van der Waals surface area contributed by atoms with Crippen LogP contribution in [0, 0.1) is 5.92 Å². The number of fused-ring (bicyclic) bond motifs is 2. The fourth-order valence-electron chi connectivity index (χ4n) is 3.77. The first-order chi connectivity index (χ1) is 7.86. The first-order valence-electron chi connectivity index (χ1n) is 6.82. The molecule has 0 amide bonds. The van der Waals surface area contributed by atoms with Gasteiger partial charge < -0.3 is 4.74 Å². The quantitative estimate of drug-likeness (QED) is 0.692. The van der Waals surface area contributed by atoms with E-state index in [-0.39, 0.29) is 0 Å². The van der Waals surface area contributed by atoms with Gasteiger partial charge in [0.15, 0.2) is 0 Å². The number of hydrogen-bond donors (Lipinski definition) is 0. The van der Waals surface area contributed by atoms with Crippen LogP contribution in [0.5, 0.6) is 0 Å². The summed E-state index contributed by atoms with van der Waals surface area (Å²) >= 11 is 6.12. The molecule has 16 heavy (non-hydrogen) atoms. The van der Waals surface area contributed by atoms with E-state index in [1.807, 2.05) is 0 Å². The van der Waals surface area contributed by atoms with Gasteiger partial charge in [-0.3, -0.25) is 4.90 Å². The number of morpholine rings is 1. The molecule has 0 spiro atoms. The fraction of sp³-hybridized carbons (Fsp3) is 1.00. The van der Waals surface area contributed by atoms with E-state index in [4.69, 9.17) is 16.3 Å². The molecule has 4 atom stereocenters. The van der Waals surface area contributed by atoms with E-state index in [0.29, 0.717) is 12.2 Å². The van der Waals surface area contributed by atoms with Crippen molar-refractivity contribution in [1.82, 2.24) is 4.90 Å². The molecule has 3 aliphatic rings. The Morgan fingerprint density at radius 1 is 1.00 bits per heavy atom. The predicted molar refractivity (Wildman–Crippen MR) is 65.9 cm³/mol. The minimum Gasteiger partial charge on any atom is -0.372 e. The summed E-state index contributed by atoms with van der Waals surface area (Å²) in [5.41, 5.74) is 0. The van der Waals surface area contributed by atoms with E-state index in [2.05, 4.69) is 4.90 Å². The third kappa shape index (κ3) is 2.12. The first kappa shape index (κ1) is 11.3. The molecule has 0 aromatic rings. The van der Waals surface area contributed by atoms with Crippen molar-refractivity contribution in [1.29, 1.82) is 0 Å². The van der Waals surface area contributed by atoms with Crippen LogP contribution in [0.1, 0.15) is 38.5 Å². The highest BCUT2D eigenvalue weighted by Crippen LogP contribution is 2.34. The Balaban J connectivity index is 1.66. The molecule has 2 heterocycles. The van der Waals surface area contributed by atoms with Gasteiger partial charge in [0.25, 0.3) is 0 Å². The van der Waals surface area contributed by atoms with Gasteiger partial charge in [0, 0.05) is 25.0 Å². The van der Waals surface area contributed by atoms with Crippen LogP contribution in [-0.4, -0.2) is 42.1 Å². The molecule has 92 valence electrons. The predicted octanol–water partition coefficient (Wildman–Crippen LogP) is 2.65. The van der Waals surface area contributed by atoms with Gasteiger partial charge >= 0.3 is 0 Å². The zero-order valence-electron chi connectivity index (χ0n) is 9.91. The topological polar surface area (TPSA) is 12.5 Å². The summed E-state index contributed by atoms with van der Waals surface area (Å²) in [7, 11) is 0. The van der Waals surface area contributed by atoms with Crippen molar-refractivity contribution in [3.63, 3.8) is 0 Å². The number of ether oxygens (including phenoxy) is 1. The van der Waals surface area contributed by atoms with Crippen LogP contribution in [0.25, 0.3) is 0 Å². The maximum atomic E-state index is 6.12. The molecular formula is C13H22ClNO. The second kappa shape index (κ2) is 4.83. The lowest BCUT2D eigenvalue weighted by molar-refractivity contribution is -0.0647. The van der Waals surface area contributed by atoms with Crippen molar-refractivity contribution in [2.75, 3.05) is 19.0 Å². The van der Waals surface area contributed by atoms with Crippen LogP contribution in [0.3, 0.4) is 0 Å². The Bertz CT molecular complexity index is 236. The second-order valence-corrected chi connectivity index (χ2v) is 5.99. The number of likely N-dealkylation sites (tertiary alicyclic amines) is 1. The SMILES string of the molecule is ClCC1CCCCC1N1C[C@@H]2CC[C@@H](C1)O2. The normalized spacial score (nSPS) is 44.8. The highest BCUT2D eigenvalue weighted by Gasteiger charge is 2.39. The van der Waals surface area contributed by atoms with Crippen molar-refractivity contribution in [3.8, 4) is 0 Å². The highest BCUT2D eigenvalue weighted by molar-refractivity contribution is 6.18. The number of rotatable bonds is 2. The lowest BCUT2D eigenvalue weighted by Crippen LogP contribution is -2.51. The Labute approximate surface area is 103 Å². The Morgan fingerprint density at radius 3 is 2.38 bits per heavy atom. The monoisotopic (exact) mass is 243 g/mol. The summed E-state index contributed by atoms with van der Waals surface area (Å²) in [6.07, 6.45) is 9.07. The molecule has 0 aromatic carbocycles. The van der Waals surface area contributed by atoms with Crippen molar-refractivity contribution in [3.05, 3.63) is 0 Å². The zero-order valence-corrected chi connectivity index (χ0v) is 10.7. The average Bonchev–Trinajstić information content (AvgIpc) is 2.68. The molecule has 2 nitrogen and oxygen atoms in total. The molecule has 2 bridgehead atoms. The number of hydrogen-bond acceptors (Lipinski definition) is 2. The summed E-state index contributed by atoms with van der Waals surface area (Å²) in [4.78, 5) is 2.69. The molecule has 0 radical (unpaired) electrons. The second-order valence-electron chi connectivity index (χ2n) is 5.68. The molecule has 3 fully saturated rings. The summed E-state index contributed by atoms with van der Waals surface area (Å²) in [6, 6.07) is 0.748. The van der Waals surface area contributed by atoms with Crippen molar-refractivity contribution < 1.29 is 4.74 Å². The minimum absolute atomic E-state index is 0.525. The van der Waals surface area contributed by atoms with Gasteiger partial charge in [-0.15, -0.1) is 11.6 Å². The van der Waals surface area contributed by atoms with Crippen LogP contribution in [0.15, 0.2) is 0 Å². The number of alkyl halides is 1. The first-order valence-corrected chi connectivity index (χ1v) is 7.35. The lowest BCUT2D eigenvalue weighted by atomic mass is 9.84. The van der Waals surface area contributed by atoms with Gasteiger partial charge in [0.2, 0.25) is 0 Å². The van der Waals surface area contributed by atoms with Crippen molar-refractivity contribution in [2.24, 2.45) is 5.92 Å². The summed E-state index contributed by atoms with van der Waals surface area (Å²) < 4.78 is 5.91. The van der Waals surface area contributed by atoms with Gasteiger partial charge in [-0.2, -0.15) is 0 Å². The Morgan fingerprint density at radius 2 is 1.69 bits per heavy atom. The maximum Gasteiger partial charge on any atom is 0.0707 e. The third-order valence-corrected chi connectivity index (χ3v) is 5.00. The molecule has 0 aromatic heterocycles. The molecule has 2 aliphatic heterocycles. The minimum atomic E-state index is 0.525. The van der Waals surface area contributed by atoms with Gasteiger partial charge in [-0.05, 0) is 31.6 Å². The van der Waals surface area contributed by atoms with Crippen molar-refractivity contribution >= 4 is 11.6 Å². The van der Waals surface area contributed by atoms with E-state index < -0.39 is 0 Å². The summed E-state index contributed by atoms with van der Waals surface area (Å²) in [6.45, 7) is 2.32. The van der Waals surface area contributed by atoms with Crippen LogP contribution in [0.2, 0.25) is 0 Å². The largest absolute Gasteiger partial charge is 0.372 e. The lowest BCUT2D eigenvalue weighted by Gasteiger charge is -2.43. The van der Waals surface area contributed by atoms with E-state index in [0.717, 1.165) is 30.9 Å². The zero-order chi connectivity index (χ0) is 11.0. The van der Waals surface area contributed by atoms with E-state index in [1.165, 1.54) is 38.5 Å². The Hall–Kier alpha value is 0.210. The van der Waals surface area contributed by atoms with Crippen LogP contribution in [-0.2, 0) is 4.74 Å². The van der Waals surface area contributed by atoms with Crippen LogP contribution >= 0.6 is 11.6 Å². The highest BCUT2D eigenvalue weighted by atomic mass is 35.5. The summed E-state index contributed by atoms with van der Waals surface area (Å²) in [5, 5.41) is 0. The Kier molecular flexibility index (Phi) is 3.42.